The summed E-state index contributed by atoms with van der Waals surface area (Å²) in [6, 6.07) is 22.3. The topological polar surface area (TPSA) is 50.8 Å². The van der Waals surface area contributed by atoms with Crippen LogP contribution in [0.2, 0.25) is 5.02 Å². The van der Waals surface area contributed by atoms with E-state index in [0.717, 1.165) is 38.4 Å². The Labute approximate surface area is 181 Å². The number of nitrogens with zero attached hydrogens (tertiary/aromatic N) is 1. The van der Waals surface area contributed by atoms with Crippen molar-refractivity contribution < 1.29 is 14.3 Å². The molecule has 6 heteroatoms. The molecule has 1 aliphatic heterocycles. The third kappa shape index (κ3) is 5.39. The van der Waals surface area contributed by atoms with Gasteiger partial charge in [0.15, 0.2) is 0 Å². The van der Waals surface area contributed by atoms with Crippen molar-refractivity contribution in [3.63, 3.8) is 0 Å². The summed E-state index contributed by atoms with van der Waals surface area (Å²) in [4.78, 5) is 15.0. The Morgan fingerprint density at radius 2 is 1.77 bits per heavy atom. The molecule has 0 spiro atoms. The van der Waals surface area contributed by atoms with Crippen molar-refractivity contribution in [3.8, 4) is 11.5 Å². The van der Waals surface area contributed by atoms with Crippen molar-refractivity contribution in [1.82, 2.24) is 4.90 Å². The van der Waals surface area contributed by atoms with Crippen molar-refractivity contribution in [2.24, 2.45) is 0 Å². The van der Waals surface area contributed by atoms with Crippen LogP contribution in [0.3, 0.4) is 0 Å². The molecule has 3 aromatic rings. The number of halogens is 1. The molecule has 1 fully saturated rings. The lowest BCUT2D eigenvalue weighted by Gasteiger charge is -2.26. The fraction of sp³-hybridized carbons (Fsp3) is 0.208. The van der Waals surface area contributed by atoms with E-state index in [9.17, 15) is 4.79 Å². The molecule has 0 atom stereocenters. The predicted molar refractivity (Wildman–Crippen MR) is 118 cm³/mol. The number of carbonyl (C=O) groups excluding carboxylic acids is 1. The summed E-state index contributed by atoms with van der Waals surface area (Å²) < 4.78 is 11.2. The number of benzene rings is 3. The van der Waals surface area contributed by atoms with Crippen LogP contribution in [0.4, 0.5) is 5.69 Å². The maximum absolute atomic E-state index is 12.7. The Bertz CT molecular complexity index is 1000. The molecule has 5 nitrogen and oxygen atoms in total. The highest BCUT2D eigenvalue weighted by Gasteiger charge is 2.12. The van der Waals surface area contributed by atoms with Crippen molar-refractivity contribution >= 4 is 23.2 Å². The summed E-state index contributed by atoms with van der Waals surface area (Å²) >= 11 is 6.13. The van der Waals surface area contributed by atoms with Gasteiger partial charge in [-0.3, -0.25) is 9.69 Å². The van der Waals surface area contributed by atoms with E-state index in [4.69, 9.17) is 21.1 Å². The third-order valence-electron chi connectivity index (χ3n) is 4.88. The van der Waals surface area contributed by atoms with Crippen molar-refractivity contribution in [2.75, 3.05) is 31.6 Å². The van der Waals surface area contributed by atoms with E-state index in [2.05, 4.69) is 10.2 Å². The summed E-state index contributed by atoms with van der Waals surface area (Å²) in [5.41, 5.74) is 2.45. The van der Waals surface area contributed by atoms with Gasteiger partial charge in [0.2, 0.25) is 0 Å². The molecule has 154 valence electrons. The SMILES string of the molecule is O=C(Nc1ccc(Oc2ccccc2Cl)cc1)c1cccc(CN2CCOCC2)c1. The first-order valence-electron chi connectivity index (χ1n) is 9.90. The fourth-order valence-corrected chi connectivity index (χ4v) is 3.47. The number of hydrogen-bond acceptors (Lipinski definition) is 4. The number of rotatable bonds is 6. The molecular formula is C24H23ClN2O3. The maximum Gasteiger partial charge on any atom is 0.255 e. The van der Waals surface area contributed by atoms with Crippen LogP contribution in [0, 0.1) is 0 Å². The van der Waals surface area contributed by atoms with Crippen molar-refractivity contribution in [1.29, 1.82) is 0 Å². The minimum absolute atomic E-state index is 0.140. The van der Waals surface area contributed by atoms with Gasteiger partial charge in [0.1, 0.15) is 11.5 Å². The number of para-hydroxylation sites is 1. The van der Waals surface area contributed by atoms with E-state index < -0.39 is 0 Å². The lowest BCUT2D eigenvalue weighted by Crippen LogP contribution is -2.35. The molecule has 1 N–H and O–H groups in total. The summed E-state index contributed by atoms with van der Waals surface area (Å²) in [5.74, 6) is 1.10. The zero-order chi connectivity index (χ0) is 20.8. The lowest BCUT2D eigenvalue weighted by molar-refractivity contribution is 0.0342. The maximum atomic E-state index is 12.7. The van der Waals surface area contributed by atoms with E-state index in [1.54, 1.807) is 18.2 Å². The monoisotopic (exact) mass is 422 g/mol. The van der Waals surface area contributed by atoms with Gasteiger partial charge in [-0.05, 0) is 54.1 Å². The molecule has 0 aromatic heterocycles. The number of ether oxygens (including phenoxy) is 2. The molecule has 0 unspecified atom stereocenters. The van der Waals surface area contributed by atoms with E-state index in [1.807, 2.05) is 54.6 Å². The zero-order valence-corrected chi connectivity index (χ0v) is 17.3. The predicted octanol–water partition coefficient (Wildman–Crippen LogP) is 5.22. The second-order valence-electron chi connectivity index (χ2n) is 7.10. The van der Waals surface area contributed by atoms with E-state index >= 15 is 0 Å². The standard InChI is InChI=1S/C24H23ClN2O3/c25-22-6-1-2-7-23(22)30-21-10-8-20(9-11-21)26-24(28)19-5-3-4-18(16-19)17-27-12-14-29-15-13-27/h1-11,16H,12-15,17H2,(H,26,28). The number of nitrogens with one attached hydrogen (secondary N) is 1. The number of anilines is 1. The molecule has 30 heavy (non-hydrogen) atoms. The average molecular weight is 423 g/mol. The van der Waals surface area contributed by atoms with Gasteiger partial charge in [-0.2, -0.15) is 0 Å². The molecule has 4 rings (SSSR count). The second kappa shape index (κ2) is 9.76. The Kier molecular flexibility index (Phi) is 6.64. The Morgan fingerprint density at radius 1 is 1.00 bits per heavy atom. The number of carbonyl (C=O) groups is 1. The van der Waals surface area contributed by atoms with Crippen LogP contribution in [-0.2, 0) is 11.3 Å². The van der Waals surface area contributed by atoms with Gasteiger partial charge in [0, 0.05) is 30.9 Å². The second-order valence-corrected chi connectivity index (χ2v) is 7.51. The molecule has 1 aliphatic rings. The summed E-state index contributed by atoms with van der Waals surface area (Å²) in [7, 11) is 0. The molecule has 3 aromatic carbocycles. The highest BCUT2D eigenvalue weighted by molar-refractivity contribution is 6.32. The first kappa shape index (κ1) is 20.4. The lowest BCUT2D eigenvalue weighted by atomic mass is 10.1. The third-order valence-corrected chi connectivity index (χ3v) is 5.19. The van der Waals surface area contributed by atoms with Crippen LogP contribution < -0.4 is 10.1 Å². The van der Waals surface area contributed by atoms with Crippen LogP contribution >= 0.6 is 11.6 Å². The van der Waals surface area contributed by atoms with Gasteiger partial charge >= 0.3 is 0 Å². The van der Waals surface area contributed by atoms with Crippen LogP contribution in [0.15, 0.2) is 72.8 Å². The first-order chi connectivity index (χ1) is 14.7. The molecular weight excluding hydrogens is 400 g/mol. The van der Waals surface area contributed by atoms with Gasteiger partial charge in [0.25, 0.3) is 5.91 Å². The van der Waals surface area contributed by atoms with Crippen LogP contribution in [0.5, 0.6) is 11.5 Å². The summed E-state index contributed by atoms with van der Waals surface area (Å²) in [5, 5.41) is 3.49. The molecule has 0 radical (unpaired) electrons. The molecule has 1 amide bonds. The van der Waals surface area contributed by atoms with Crippen molar-refractivity contribution in [3.05, 3.63) is 88.9 Å². The average Bonchev–Trinajstić information content (AvgIpc) is 2.77. The normalized spacial score (nSPS) is 14.3. The van der Waals surface area contributed by atoms with Gasteiger partial charge in [-0.25, -0.2) is 0 Å². The largest absolute Gasteiger partial charge is 0.456 e. The molecule has 0 bridgehead atoms. The quantitative estimate of drug-likeness (QED) is 0.592. The Balaban J connectivity index is 1.37. The van der Waals surface area contributed by atoms with Crippen molar-refractivity contribution in [2.45, 2.75) is 6.54 Å². The summed E-state index contributed by atoms with van der Waals surface area (Å²) in [6.07, 6.45) is 0. The van der Waals surface area contributed by atoms with Gasteiger partial charge < -0.3 is 14.8 Å². The van der Waals surface area contributed by atoms with E-state index in [-0.39, 0.29) is 5.91 Å². The first-order valence-corrected chi connectivity index (χ1v) is 10.3. The van der Waals surface area contributed by atoms with Gasteiger partial charge in [-0.15, -0.1) is 0 Å². The molecule has 1 saturated heterocycles. The number of hydrogen-bond donors (Lipinski definition) is 1. The highest BCUT2D eigenvalue weighted by atomic mass is 35.5. The molecule has 0 aliphatic carbocycles. The van der Waals surface area contributed by atoms with Crippen LogP contribution in [-0.4, -0.2) is 37.1 Å². The number of amides is 1. The van der Waals surface area contributed by atoms with Gasteiger partial charge in [-0.1, -0.05) is 35.9 Å². The highest BCUT2D eigenvalue weighted by Crippen LogP contribution is 2.29. The Morgan fingerprint density at radius 3 is 2.53 bits per heavy atom. The smallest absolute Gasteiger partial charge is 0.255 e. The summed E-state index contributed by atoms with van der Waals surface area (Å²) in [6.45, 7) is 4.17. The van der Waals surface area contributed by atoms with Crippen LogP contribution in [0.25, 0.3) is 0 Å². The zero-order valence-electron chi connectivity index (χ0n) is 16.5. The number of morpholine rings is 1. The molecule has 0 saturated carbocycles. The van der Waals surface area contributed by atoms with E-state index in [0.29, 0.717) is 27.8 Å². The molecule has 1 heterocycles. The van der Waals surface area contributed by atoms with Crippen LogP contribution in [0.1, 0.15) is 15.9 Å². The minimum atomic E-state index is -0.140. The van der Waals surface area contributed by atoms with Gasteiger partial charge in [0.05, 0.1) is 18.2 Å². The fourth-order valence-electron chi connectivity index (χ4n) is 3.29. The minimum Gasteiger partial charge on any atom is -0.456 e. The van der Waals surface area contributed by atoms with E-state index in [1.165, 1.54) is 0 Å². The Hall–Kier alpha value is -2.86.